The first-order valence-corrected chi connectivity index (χ1v) is 4.64. The van der Waals surface area contributed by atoms with E-state index in [4.69, 9.17) is 14.2 Å². The van der Waals surface area contributed by atoms with E-state index in [0.717, 1.165) is 12.8 Å². The van der Waals surface area contributed by atoms with E-state index in [1.165, 1.54) is 0 Å². The van der Waals surface area contributed by atoms with Crippen molar-refractivity contribution in [3.05, 3.63) is 24.3 Å². The van der Waals surface area contributed by atoms with Gasteiger partial charge in [0.1, 0.15) is 0 Å². The van der Waals surface area contributed by atoms with Crippen molar-refractivity contribution in [3.63, 3.8) is 0 Å². The molecule has 0 fully saturated rings. The van der Waals surface area contributed by atoms with Gasteiger partial charge >= 0.3 is 0 Å². The van der Waals surface area contributed by atoms with Gasteiger partial charge in [0.15, 0.2) is 12.6 Å². The normalized spacial score (nSPS) is 33.5. The van der Waals surface area contributed by atoms with Crippen LogP contribution >= 0.6 is 0 Å². The predicted molar refractivity (Wildman–Crippen MR) is 48.1 cm³/mol. The average Bonchev–Trinajstić information content (AvgIpc) is 2.21. The van der Waals surface area contributed by atoms with Crippen LogP contribution in [0.4, 0.5) is 0 Å². The van der Waals surface area contributed by atoms with Crippen LogP contribution in [0.25, 0.3) is 0 Å². The largest absolute Gasteiger partial charge is 0.348 e. The molecule has 2 aliphatic heterocycles. The fourth-order valence-corrected chi connectivity index (χ4v) is 1.37. The van der Waals surface area contributed by atoms with E-state index >= 15 is 0 Å². The minimum atomic E-state index is -0.124. The van der Waals surface area contributed by atoms with E-state index in [-0.39, 0.29) is 12.6 Å². The monoisotopic (exact) mass is 182 g/mol. The van der Waals surface area contributed by atoms with Gasteiger partial charge in [-0.1, -0.05) is 24.3 Å². The predicted octanol–water partition coefficient (Wildman–Crippen LogP) is 1.61. The Labute approximate surface area is 78.0 Å². The third-order valence-electron chi connectivity index (χ3n) is 2.05. The molecule has 0 radical (unpaired) electrons. The lowest BCUT2D eigenvalue weighted by atomic mass is 10.3. The van der Waals surface area contributed by atoms with Crippen molar-refractivity contribution in [2.24, 2.45) is 0 Å². The molecular weight excluding hydrogens is 168 g/mol. The lowest BCUT2D eigenvalue weighted by Crippen LogP contribution is -2.29. The third kappa shape index (κ3) is 2.66. The molecule has 3 heteroatoms. The molecule has 2 atom stereocenters. The number of rotatable bonds is 2. The Balaban J connectivity index is 1.76. The SMILES string of the molecule is C1=CCC(OC2CC=CCO2)OC1. The standard InChI is InChI=1S/C10H14O3/c1-3-7-11-9(5-1)13-10-6-2-4-8-12-10/h1-4,9-10H,5-8H2. The molecule has 0 amide bonds. The summed E-state index contributed by atoms with van der Waals surface area (Å²) in [6.45, 7) is 1.29. The molecule has 0 aromatic heterocycles. The molecular formula is C10H14O3. The molecule has 0 aliphatic carbocycles. The first-order chi connectivity index (χ1) is 6.45. The Hall–Kier alpha value is -0.640. The van der Waals surface area contributed by atoms with Gasteiger partial charge in [-0.2, -0.15) is 0 Å². The van der Waals surface area contributed by atoms with E-state index in [0.29, 0.717) is 13.2 Å². The Morgan fingerprint density at radius 2 is 1.38 bits per heavy atom. The maximum Gasteiger partial charge on any atom is 0.164 e. The quantitative estimate of drug-likeness (QED) is 0.607. The molecule has 0 aromatic rings. The van der Waals surface area contributed by atoms with Gasteiger partial charge in [-0.15, -0.1) is 0 Å². The van der Waals surface area contributed by atoms with Gasteiger partial charge < -0.3 is 14.2 Å². The van der Waals surface area contributed by atoms with Crippen LogP contribution in [-0.2, 0) is 14.2 Å². The summed E-state index contributed by atoms with van der Waals surface area (Å²) in [6, 6.07) is 0. The highest BCUT2D eigenvalue weighted by Gasteiger charge is 2.18. The van der Waals surface area contributed by atoms with Crippen molar-refractivity contribution in [3.8, 4) is 0 Å². The summed E-state index contributed by atoms with van der Waals surface area (Å²) in [7, 11) is 0. The van der Waals surface area contributed by atoms with Gasteiger partial charge in [-0.3, -0.25) is 0 Å². The Bertz CT molecular complexity index is 188. The van der Waals surface area contributed by atoms with Crippen molar-refractivity contribution < 1.29 is 14.2 Å². The topological polar surface area (TPSA) is 27.7 Å². The molecule has 13 heavy (non-hydrogen) atoms. The van der Waals surface area contributed by atoms with Gasteiger partial charge in [0.05, 0.1) is 13.2 Å². The molecule has 0 spiro atoms. The first-order valence-electron chi connectivity index (χ1n) is 4.64. The smallest absolute Gasteiger partial charge is 0.164 e. The molecule has 3 nitrogen and oxygen atoms in total. The van der Waals surface area contributed by atoms with E-state index in [2.05, 4.69) is 12.2 Å². The van der Waals surface area contributed by atoms with Crippen LogP contribution in [0.15, 0.2) is 24.3 Å². The van der Waals surface area contributed by atoms with Crippen LogP contribution in [0.5, 0.6) is 0 Å². The molecule has 0 saturated carbocycles. The van der Waals surface area contributed by atoms with Gasteiger partial charge in [0.25, 0.3) is 0 Å². The second-order valence-electron chi connectivity index (χ2n) is 3.08. The third-order valence-corrected chi connectivity index (χ3v) is 2.05. The van der Waals surface area contributed by atoms with Crippen LogP contribution in [0.3, 0.4) is 0 Å². The Morgan fingerprint density at radius 3 is 1.77 bits per heavy atom. The summed E-state index contributed by atoms with van der Waals surface area (Å²) in [6.07, 6.45) is 9.55. The molecule has 2 heterocycles. The maximum atomic E-state index is 5.59. The number of hydrogen-bond donors (Lipinski definition) is 0. The van der Waals surface area contributed by atoms with Crippen LogP contribution in [0.1, 0.15) is 12.8 Å². The van der Waals surface area contributed by atoms with E-state index in [9.17, 15) is 0 Å². The average molecular weight is 182 g/mol. The molecule has 0 saturated heterocycles. The van der Waals surface area contributed by atoms with Crippen LogP contribution in [0.2, 0.25) is 0 Å². The van der Waals surface area contributed by atoms with Crippen LogP contribution in [-0.4, -0.2) is 25.8 Å². The zero-order valence-electron chi connectivity index (χ0n) is 7.52. The summed E-state index contributed by atoms with van der Waals surface area (Å²) < 4.78 is 16.3. The summed E-state index contributed by atoms with van der Waals surface area (Å²) in [5.74, 6) is 0. The zero-order chi connectivity index (χ0) is 8.93. The lowest BCUT2D eigenvalue weighted by Gasteiger charge is -2.26. The lowest BCUT2D eigenvalue weighted by molar-refractivity contribution is -0.240. The molecule has 2 rings (SSSR count). The van der Waals surface area contributed by atoms with Crippen molar-refractivity contribution in [2.75, 3.05) is 13.2 Å². The van der Waals surface area contributed by atoms with Crippen molar-refractivity contribution in [2.45, 2.75) is 25.4 Å². The molecule has 0 N–H and O–H groups in total. The minimum absolute atomic E-state index is 0.124. The summed E-state index contributed by atoms with van der Waals surface area (Å²) in [5.41, 5.74) is 0. The number of ether oxygens (including phenoxy) is 3. The zero-order valence-corrected chi connectivity index (χ0v) is 7.52. The fourth-order valence-electron chi connectivity index (χ4n) is 1.37. The summed E-state index contributed by atoms with van der Waals surface area (Å²) in [5, 5.41) is 0. The summed E-state index contributed by atoms with van der Waals surface area (Å²) >= 11 is 0. The minimum Gasteiger partial charge on any atom is -0.348 e. The number of hydrogen-bond acceptors (Lipinski definition) is 3. The first kappa shape index (κ1) is 8.94. The fraction of sp³-hybridized carbons (Fsp3) is 0.600. The van der Waals surface area contributed by atoms with Gasteiger partial charge in [0, 0.05) is 12.8 Å². The molecule has 2 unspecified atom stereocenters. The van der Waals surface area contributed by atoms with Crippen LogP contribution < -0.4 is 0 Å². The second kappa shape index (κ2) is 4.56. The summed E-state index contributed by atoms with van der Waals surface area (Å²) in [4.78, 5) is 0. The van der Waals surface area contributed by atoms with E-state index < -0.39 is 0 Å². The maximum absolute atomic E-state index is 5.59. The van der Waals surface area contributed by atoms with Crippen molar-refractivity contribution >= 4 is 0 Å². The molecule has 72 valence electrons. The van der Waals surface area contributed by atoms with Gasteiger partial charge in [0.2, 0.25) is 0 Å². The van der Waals surface area contributed by atoms with E-state index in [1.54, 1.807) is 0 Å². The molecule has 0 bridgehead atoms. The van der Waals surface area contributed by atoms with E-state index in [1.807, 2.05) is 12.2 Å². The van der Waals surface area contributed by atoms with Gasteiger partial charge in [-0.25, -0.2) is 0 Å². The Kier molecular flexibility index (Phi) is 3.13. The highest BCUT2D eigenvalue weighted by Crippen LogP contribution is 2.15. The highest BCUT2D eigenvalue weighted by molar-refractivity contribution is 4.89. The highest BCUT2D eigenvalue weighted by atomic mass is 16.8. The van der Waals surface area contributed by atoms with Gasteiger partial charge in [-0.05, 0) is 0 Å². The molecule has 2 aliphatic rings. The second-order valence-corrected chi connectivity index (χ2v) is 3.08. The van der Waals surface area contributed by atoms with Crippen LogP contribution in [0, 0.1) is 0 Å². The molecule has 0 aromatic carbocycles. The van der Waals surface area contributed by atoms with Crippen molar-refractivity contribution in [1.82, 2.24) is 0 Å². The Morgan fingerprint density at radius 1 is 0.846 bits per heavy atom. The van der Waals surface area contributed by atoms with Crippen molar-refractivity contribution in [1.29, 1.82) is 0 Å².